The van der Waals surface area contributed by atoms with Gasteiger partial charge < -0.3 is 11.5 Å². The lowest BCUT2D eigenvalue weighted by atomic mass is 10.2. The number of nitrogens with two attached hydrogens (primary N) is 2. The molecule has 0 aliphatic rings. The van der Waals surface area contributed by atoms with E-state index in [1.807, 2.05) is 50.3 Å². The molecule has 0 saturated heterocycles. The average molecular weight is 278 g/mol. The van der Waals surface area contributed by atoms with Gasteiger partial charge in [-0.15, -0.1) is 0 Å². The SMILES string of the molecule is CC(C)=CC(N)=S.NC(=S)C=Cc1ccccc1. The van der Waals surface area contributed by atoms with Gasteiger partial charge in [-0.2, -0.15) is 0 Å². The van der Waals surface area contributed by atoms with Crippen LogP contribution >= 0.6 is 24.4 Å². The van der Waals surface area contributed by atoms with Crippen LogP contribution < -0.4 is 11.5 Å². The molecule has 0 radical (unpaired) electrons. The molecule has 0 spiro atoms. The minimum absolute atomic E-state index is 0.411. The van der Waals surface area contributed by atoms with Crippen LogP contribution in [0.2, 0.25) is 0 Å². The maximum atomic E-state index is 5.28. The van der Waals surface area contributed by atoms with Crippen molar-refractivity contribution in [3.63, 3.8) is 0 Å². The van der Waals surface area contributed by atoms with Crippen LogP contribution in [0.1, 0.15) is 19.4 Å². The topological polar surface area (TPSA) is 52.0 Å². The van der Waals surface area contributed by atoms with Crippen LogP contribution in [0.3, 0.4) is 0 Å². The lowest BCUT2D eigenvalue weighted by Gasteiger charge is -1.89. The third kappa shape index (κ3) is 11.0. The Bertz CT molecular complexity index is 444. The van der Waals surface area contributed by atoms with Gasteiger partial charge in [0.25, 0.3) is 0 Å². The standard InChI is InChI=1S/C9H9NS.C5H9NS/c10-9(11)7-6-8-4-2-1-3-5-8;1-4(2)3-5(6)7/h1-7H,(H2,10,11);3H,1-2H3,(H2,6,7). The van der Waals surface area contributed by atoms with Gasteiger partial charge in [0.2, 0.25) is 0 Å². The number of allylic oxidation sites excluding steroid dienone is 1. The molecule has 1 rings (SSSR count). The summed E-state index contributed by atoms with van der Waals surface area (Å²) in [5.74, 6) is 0. The van der Waals surface area contributed by atoms with Crippen LogP contribution in [0, 0.1) is 0 Å². The Morgan fingerprint density at radius 1 is 1.00 bits per heavy atom. The third-order valence-corrected chi connectivity index (χ3v) is 1.92. The first kappa shape index (κ1) is 16.5. The van der Waals surface area contributed by atoms with Gasteiger partial charge in [0, 0.05) is 0 Å². The fourth-order valence-corrected chi connectivity index (χ4v) is 1.33. The normalized spacial score (nSPS) is 9.22. The number of hydrogen-bond donors (Lipinski definition) is 2. The van der Waals surface area contributed by atoms with Crippen LogP contribution in [0.15, 0.2) is 48.1 Å². The highest BCUT2D eigenvalue weighted by Crippen LogP contribution is 1.99. The molecular weight excluding hydrogens is 260 g/mol. The van der Waals surface area contributed by atoms with E-state index < -0.39 is 0 Å². The van der Waals surface area contributed by atoms with Gasteiger partial charge in [0.15, 0.2) is 0 Å². The molecule has 0 fully saturated rings. The van der Waals surface area contributed by atoms with Crippen LogP contribution in [-0.2, 0) is 0 Å². The van der Waals surface area contributed by atoms with E-state index in [1.165, 1.54) is 0 Å². The van der Waals surface area contributed by atoms with Crippen molar-refractivity contribution in [3.8, 4) is 0 Å². The molecular formula is C14H18N2S2. The fraction of sp³-hybridized carbons (Fsp3) is 0.143. The Hall–Kier alpha value is -1.52. The summed E-state index contributed by atoms with van der Waals surface area (Å²) < 4.78 is 0. The number of benzene rings is 1. The highest BCUT2D eigenvalue weighted by Gasteiger charge is 1.82. The molecule has 0 atom stereocenters. The molecule has 0 aliphatic heterocycles. The highest BCUT2D eigenvalue weighted by molar-refractivity contribution is 7.80. The van der Waals surface area contributed by atoms with Crippen molar-refractivity contribution in [3.05, 3.63) is 53.6 Å². The molecule has 0 amide bonds. The maximum Gasteiger partial charge on any atom is 0.0962 e. The smallest absolute Gasteiger partial charge is 0.0962 e. The Kier molecular flexibility index (Phi) is 8.70. The number of hydrogen-bond acceptors (Lipinski definition) is 2. The van der Waals surface area contributed by atoms with Gasteiger partial charge in [-0.05, 0) is 31.6 Å². The summed E-state index contributed by atoms with van der Waals surface area (Å²) in [5, 5.41) is 0. The van der Waals surface area contributed by atoms with Crippen molar-refractivity contribution in [2.45, 2.75) is 13.8 Å². The zero-order chi connectivity index (χ0) is 14.0. The summed E-state index contributed by atoms with van der Waals surface area (Å²) in [6.07, 6.45) is 5.36. The molecule has 1 aromatic carbocycles. The van der Waals surface area contributed by atoms with Crippen LogP contribution in [0.4, 0.5) is 0 Å². The zero-order valence-corrected chi connectivity index (χ0v) is 12.2. The summed E-state index contributed by atoms with van der Waals surface area (Å²) in [5.41, 5.74) is 12.7. The highest BCUT2D eigenvalue weighted by atomic mass is 32.1. The van der Waals surface area contributed by atoms with Crippen LogP contribution in [0.5, 0.6) is 0 Å². The van der Waals surface area contributed by atoms with Gasteiger partial charge in [0.05, 0.1) is 9.98 Å². The van der Waals surface area contributed by atoms with Crippen molar-refractivity contribution in [2.24, 2.45) is 11.5 Å². The predicted octanol–water partition coefficient (Wildman–Crippen LogP) is 3.22. The summed E-state index contributed by atoms with van der Waals surface area (Å²) >= 11 is 9.26. The summed E-state index contributed by atoms with van der Waals surface area (Å²) in [6.45, 7) is 3.92. The summed E-state index contributed by atoms with van der Waals surface area (Å²) in [4.78, 5) is 0.869. The van der Waals surface area contributed by atoms with E-state index >= 15 is 0 Å². The molecule has 4 N–H and O–H groups in total. The average Bonchev–Trinajstić information content (AvgIpc) is 2.26. The minimum Gasteiger partial charge on any atom is -0.390 e. The van der Waals surface area contributed by atoms with E-state index in [2.05, 4.69) is 24.4 Å². The van der Waals surface area contributed by atoms with Gasteiger partial charge >= 0.3 is 0 Å². The van der Waals surface area contributed by atoms with Crippen LogP contribution in [0.25, 0.3) is 6.08 Å². The van der Waals surface area contributed by atoms with E-state index in [-0.39, 0.29) is 0 Å². The third-order valence-electron chi connectivity index (χ3n) is 1.67. The van der Waals surface area contributed by atoms with E-state index in [4.69, 9.17) is 11.5 Å². The molecule has 0 aliphatic carbocycles. The molecule has 4 heteroatoms. The van der Waals surface area contributed by atoms with E-state index in [0.29, 0.717) is 9.98 Å². The van der Waals surface area contributed by atoms with Crippen molar-refractivity contribution in [2.75, 3.05) is 0 Å². The number of rotatable bonds is 3. The van der Waals surface area contributed by atoms with Gasteiger partial charge in [-0.1, -0.05) is 66.4 Å². The second-order valence-corrected chi connectivity index (χ2v) is 4.71. The van der Waals surface area contributed by atoms with E-state index in [1.54, 1.807) is 12.2 Å². The van der Waals surface area contributed by atoms with Crippen molar-refractivity contribution in [1.29, 1.82) is 0 Å². The Morgan fingerprint density at radius 3 is 1.89 bits per heavy atom. The van der Waals surface area contributed by atoms with Crippen LogP contribution in [-0.4, -0.2) is 9.98 Å². The monoisotopic (exact) mass is 278 g/mol. The fourth-order valence-electron chi connectivity index (χ4n) is 1.03. The Labute approximate surface area is 119 Å². The molecule has 2 nitrogen and oxygen atoms in total. The van der Waals surface area contributed by atoms with E-state index in [0.717, 1.165) is 11.1 Å². The first-order valence-electron chi connectivity index (χ1n) is 5.38. The quantitative estimate of drug-likeness (QED) is 0.658. The first-order chi connectivity index (χ1) is 8.41. The lowest BCUT2D eigenvalue weighted by Crippen LogP contribution is -2.02. The molecule has 1 aromatic rings. The Balaban J connectivity index is 0.000000360. The molecule has 18 heavy (non-hydrogen) atoms. The first-order valence-corrected chi connectivity index (χ1v) is 6.20. The summed E-state index contributed by atoms with van der Waals surface area (Å²) in [6, 6.07) is 9.90. The molecule has 0 aromatic heterocycles. The second-order valence-electron chi connectivity index (χ2n) is 3.77. The van der Waals surface area contributed by atoms with Crippen molar-refractivity contribution in [1.82, 2.24) is 0 Å². The lowest BCUT2D eigenvalue weighted by molar-refractivity contribution is 1.40. The van der Waals surface area contributed by atoms with Crippen molar-refractivity contribution < 1.29 is 0 Å². The van der Waals surface area contributed by atoms with E-state index in [9.17, 15) is 0 Å². The maximum absolute atomic E-state index is 5.28. The van der Waals surface area contributed by atoms with Crippen molar-refractivity contribution >= 4 is 40.5 Å². The largest absolute Gasteiger partial charge is 0.390 e. The second kappa shape index (κ2) is 9.50. The molecule has 96 valence electrons. The predicted molar refractivity (Wildman–Crippen MR) is 88.5 cm³/mol. The molecule has 0 bridgehead atoms. The zero-order valence-electron chi connectivity index (χ0n) is 10.6. The summed E-state index contributed by atoms with van der Waals surface area (Å²) in [7, 11) is 0. The Morgan fingerprint density at radius 2 is 1.56 bits per heavy atom. The van der Waals surface area contributed by atoms with Gasteiger partial charge in [-0.3, -0.25) is 0 Å². The minimum atomic E-state index is 0.411. The number of thiocarbonyl (C=S) groups is 2. The molecule has 0 heterocycles. The molecule has 0 saturated carbocycles. The van der Waals surface area contributed by atoms with Gasteiger partial charge in [0.1, 0.15) is 0 Å². The molecule has 0 unspecified atom stereocenters. The van der Waals surface area contributed by atoms with Gasteiger partial charge in [-0.25, -0.2) is 0 Å².